The van der Waals surface area contributed by atoms with Crippen LogP contribution in [0.1, 0.15) is 32.4 Å². The van der Waals surface area contributed by atoms with E-state index in [0.29, 0.717) is 17.8 Å². The molecule has 4 rings (SSSR count). The van der Waals surface area contributed by atoms with E-state index in [1.54, 1.807) is 34.0 Å². The number of imidazole rings is 1. The van der Waals surface area contributed by atoms with Crippen LogP contribution in [-0.2, 0) is 52.9 Å². The maximum atomic E-state index is 12.4. The van der Waals surface area contributed by atoms with Gasteiger partial charge in [0.05, 0.1) is 32.0 Å². The fraction of sp³-hybridized carbons (Fsp3) is 0.462. The van der Waals surface area contributed by atoms with Gasteiger partial charge in [0.25, 0.3) is 24.5 Å². The summed E-state index contributed by atoms with van der Waals surface area (Å²) < 4.78 is 14.6. The summed E-state index contributed by atoms with van der Waals surface area (Å²) in [7, 11) is 5.63. The summed E-state index contributed by atoms with van der Waals surface area (Å²) in [6, 6.07) is -0.772. The number of nitrogens with zero attached hydrogens (tertiary/aromatic N) is 9. The topological polar surface area (TPSA) is 179 Å². The molecule has 0 bridgehead atoms. The first-order valence-corrected chi connectivity index (χ1v) is 12.6. The molecule has 0 radical (unpaired) electrons. The molecule has 1 atom stereocenters. The van der Waals surface area contributed by atoms with Crippen LogP contribution in [-0.4, -0.2) is 60.2 Å². The number of aromatic nitrogens is 6. The summed E-state index contributed by atoms with van der Waals surface area (Å²) in [6.07, 6.45) is 3.32. The Morgan fingerprint density at radius 3 is 1.93 bits per heavy atom. The van der Waals surface area contributed by atoms with Gasteiger partial charge in [0.2, 0.25) is 0 Å². The van der Waals surface area contributed by atoms with Gasteiger partial charge in [-0.15, -0.1) is 0 Å². The van der Waals surface area contributed by atoms with Crippen molar-refractivity contribution in [2.24, 2.45) is 25.0 Å². The second-order valence-corrected chi connectivity index (χ2v) is 9.27. The van der Waals surface area contributed by atoms with Crippen LogP contribution in [0.3, 0.4) is 0 Å². The molecule has 0 aromatic carbocycles. The van der Waals surface area contributed by atoms with Crippen LogP contribution in [0.4, 0.5) is 5.82 Å². The smallest absolute Gasteiger partial charge is 0.338 e. The van der Waals surface area contributed by atoms with E-state index in [1.807, 2.05) is 0 Å². The number of methoxy groups -OCH3 is 2. The third-order valence-electron chi connectivity index (χ3n) is 6.23. The molecule has 0 aliphatic carbocycles. The number of carbonyl (C=O) groups excluding carboxylic acids is 2. The van der Waals surface area contributed by atoms with Gasteiger partial charge in [0.15, 0.2) is 11.2 Å². The number of aliphatic imine (C=N–C) groups is 1. The summed E-state index contributed by atoms with van der Waals surface area (Å²) in [6.45, 7) is 18.0. The molecule has 0 spiro atoms. The minimum absolute atomic E-state index is 0.00463. The Labute approximate surface area is 244 Å². The van der Waals surface area contributed by atoms with Gasteiger partial charge in [0, 0.05) is 26.7 Å². The number of carbonyl (C=O) groups is 2. The van der Waals surface area contributed by atoms with Gasteiger partial charge in [-0.05, 0) is 6.92 Å². The van der Waals surface area contributed by atoms with Crippen LogP contribution in [0.5, 0.6) is 0 Å². The van der Waals surface area contributed by atoms with Crippen LogP contribution >= 0.6 is 0 Å². The number of esters is 2. The zero-order valence-corrected chi connectivity index (χ0v) is 24.7. The van der Waals surface area contributed by atoms with Gasteiger partial charge in [-0.3, -0.25) is 33.2 Å². The van der Waals surface area contributed by atoms with E-state index in [1.165, 1.54) is 41.3 Å². The minimum Gasteiger partial charge on any atom is -0.469 e. The Hall–Kier alpha value is -5.58. The molecule has 0 saturated heterocycles. The summed E-state index contributed by atoms with van der Waals surface area (Å²) in [5, 5.41) is 0. The van der Waals surface area contributed by atoms with E-state index < -0.39 is 34.5 Å². The molecule has 17 heteroatoms. The zero-order valence-electron chi connectivity index (χ0n) is 24.7. The van der Waals surface area contributed by atoms with Gasteiger partial charge in [-0.2, -0.15) is 9.13 Å². The van der Waals surface area contributed by atoms with E-state index in [0.717, 1.165) is 9.13 Å². The summed E-state index contributed by atoms with van der Waals surface area (Å²) in [5.41, 5.74) is -1.45. The second-order valence-electron chi connectivity index (χ2n) is 9.27. The van der Waals surface area contributed by atoms with Crippen LogP contribution in [0.25, 0.3) is 20.9 Å². The predicted molar refractivity (Wildman–Crippen MR) is 154 cm³/mol. The molecule has 0 saturated carbocycles. The molecule has 0 amide bonds. The Bertz CT molecular complexity index is 1890. The van der Waals surface area contributed by atoms with Crippen LogP contribution in [0.2, 0.25) is 0 Å². The summed E-state index contributed by atoms with van der Waals surface area (Å²) >= 11 is 0. The van der Waals surface area contributed by atoms with Gasteiger partial charge < -0.3 is 14.0 Å². The number of fused-ring (bicyclic) bond motifs is 2. The standard InChI is InChI=1S/C12H13N5O4.C9H8N4O2.C5H10O2/c1-7(11(19)21-4)16-6-14-9-8(16)10(18)17(5-13-2)12(20)15(9)3;1-10-5-13-8(14)6-3-4-11-7(6)12(2)9(13)15;1-4(2)5(6)7-3/h6-7H,5H2,1,3-4H3;4H,3,5H2,2H3;4H,1-3H3/t7-;;/m0../s1. The molecule has 3 aromatic heterocycles. The lowest BCUT2D eigenvalue weighted by molar-refractivity contribution is -0.144. The normalized spacial score (nSPS) is 11.8. The monoisotopic (exact) mass is 597 g/mol. The fourth-order valence-corrected chi connectivity index (χ4v) is 3.88. The molecule has 4 heterocycles. The van der Waals surface area contributed by atoms with Crippen LogP contribution < -0.4 is 22.5 Å². The molecule has 0 unspecified atom stereocenters. The zero-order chi connectivity index (χ0) is 32.6. The quantitative estimate of drug-likeness (QED) is 0.289. The second kappa shape index (κ2) is 14.4. The number of aryl methyl sites for hydroxylation is 1. The van der Waals surface area contributed by atoms with Crippen molar-refractivity contribution in [2.45, 2.75) is 46.6 Å². The molecule has 1 aliphatic rings. The summed E-state index contributed by atoms with van der Waals surface area (Å²) in [5.74, 6) is -0.282. The molecule has 43 heavy (non-hydrogen) atoms. The van der Waals surface area contributed by atoms with Gasteiger partial charge in [-0.1, -0.05) is 13.8 Å². The molecular weight excluding hydrogens is 566 g/mol. The van der Waals surface area contributed by atoms with Crippen molar-refractivity contribution >= 4 is 35.1 Å². The minimum atomic E-state index is -0.772. The molecule has 3 aromatic rings. The van der Waals surface area contributed by atoms with Gasteiger partial charge in [0.1, 0.15) is 11.9 Å². The molecule has 1 aliphatic heterocycles. The fourth-order valence-electron chi connectivity index (χ4n) is 3.88. The van der Waals surface area contributed by atoms with Gasteiger partial charge >= 0.3 is 23.3 Å². The SMILES string of the molecule is COC(=O)C(C)C.[C-]#[N+]Cn1c(=O)c2c(n(C)c1=O)N=CC2.[C-]#[N+]Cn1c(=O)c2c(ncn2[C@@H](C)C(=O)OC)n(C)c1=O. The Balaban J connectivity index is 0.000000255. The third kappa shape index (κ3) is 6.84. The predicted octanol–water partition coefficient (Wildman–Crippen LogP) is 0.00508. The van der Waals surface area contributed by atoms with E-state index in [4.69, 9.17) is 13.1 Å². The molecule has 228 valence electrons. The number of ether oxygens (including phenoxy) is 2. The highest BCUT2D eigenvalue weighted by Crippen LogP contribution is 2.17. The lowest BCUT2D eigenvalue weighted by Gasteiger charge is -2.12. The van der Waals surface area contributed by atoms with E-state index in [-0.39, 0.29) is 36.4 Å². The number of hydrogen-bond donors (Lipinski definition) is 0. The molecule has 0 N–H and O–H groups in total. The Kier molecular flexibility index (Phi) is 11.2. The van der Waals surface area contributed by atoms with Gasteiger partial charge in [-0.25, -0.2) is 37.5 Å². The first-order chi connectivity index (χ1) is 20.3. The Morgan fingerprint density at radius 2 is 1.44 bits per heavy atom. The van der Waals surface area contributed by atoms with Crippen LogP contribution in [0.15, 0.2) is 30.5 Å². The summed E-state index contributed by atoms with van der Waals surface area (Å²) in [4.78, 5) is 83.8. The Morgan fingerprint density at radius 1 is 0.907 bits per heavy atom. The largest absolute Gasteiger partial charge is 0.469 e. The number of rotatable bonds is 5. The van der Waals surface area contributed by atoms with Crippen molar-refractivity contribution in [3.8, 4) is 0 Å². The first-order valence-electron chi connectivity index (χ1n) is 12.6. The maximum absolute atomic E-state index is 12.4. The molecular formula is C26H31N9O8. The van der Waals surface area contributed by atoms with E-state index in [9.17, 15) is 28.8 Å². The highest BCUT2D eigenvalue weighted by Gasteiger charge is 2.23. The third-order valence-corrected chi connectivity index (χ3v) is 6.23. The highest BCUT2D eigenvalue weighted by atomic mass is 16.5. The van der Waals surface area contributed by atoms with E-state index >= 15 is 0 Å². The average molecular weight is 598 g/mol. The van der Waals surface area contributed by atoms with Crippen molar-refractivity contribution < 1.29 is 19.1 Å². The van der Waals surface area contributed by atoms with Crippen molar-refractivity contribution in [1.29, 1.82) is 0 Å². The lowest BCUT2D eigenvalue weighted by atomic mass is 10.2. The van der Waals surface area contributed by atoms with Crippen molar-refractivity contribution in [1.82, 2.24) is 27.8 Å². The molecule has 0 fully saturated rings. The van der Waals surface area contributed by atoms with E-state index in [2.05, 4.69) is 29.1 Å². The van der Waals surface area contributed by atoms with Crippen LogP contribution in [0, 0.1) is 19.1 Å². The highest BCUT2D eigenvalue weighted by molar-refractivity contribution is 5.78. The van der Waals surface area contributed by atoms with Crippen molar-refractivity contribution in [2.75, 3.05) is 14.2 Å². The maximum Gasteiger partial charge on any atom is 0.338 e. The number of hydrogen-bond acceptors (Lipinski definition) is 10. The lowest BCUT2D eigenvalue weighted by Crippen LogP contribution is -2.39. The van der Waals surface area contributed by atoms with Crippen molar-refractivity contribution in [3.63, 3.8) is 0 Å². The average Bonchev–Trinajstić information content (AvgIpc) is 3.67. The molecule has 17 nitrogen and oxygen atoms in total. The van der Waals surface area contributed by atoms with Crippen molar-refractivity contribution in [3.05, 3.63) is 76.4 Å². The first kappa shape index (κ1) is 33.6.